The fourth-order valence-corrected chi connectivity index (χ4v) is 2.88. The first-order valence-corrected chi connectivity index (χ1v) is 7.91. The second-order valence-corrected chi connectivity index (χ2v) is 5.65. The summed E-state index contributed by atoms with van der Waals surface area (Å²) in [6, 6.07) is 7.45. The predicted octanol–water partition coefficient (Wildman–Crippen LogP) is 1.78. The third kappa shape index (κ3) is 4.45. The lowest BCUT2D eigenvalue weighted by Gasteiger charge is -2.33. The van der Waals surface area contributed by atoms with Gasteiger partial charge in [-0.05, 0) is 44.5 Å². The van der Waals surface area contributed by atoms with Gasteiger partial charge in [0.15, 0.2) is 0 Å². The maximum Gasteiger partial charge on any atom is 0.257 e. The Balaban J connectivity index is 2.05. The van der Waals surface area contributed by atoms with Gasteiger partial charge in [-0.3, -0.25) is 4.79 Å². The van der Waals surface area contributed by atoms with Crippen LogP contribution in [-0.4, -0.2) is 57.8 Å². The van der Waals surface area contributed by atoms with Gasteiger partial charge in [-0.1, -0.05) is 12.1 Å². The van der Waals surface area contributed by atoms with E-state index in [-0.39, 0.29) is 5.91 Å². The number of carbonyl (C=O) groups is 1. The van der Waals surface area contributed by atoms with Crippen molar-refractivity contribution in [3.63, 3.8) is 0 Å². The van der Waals surface area contributed by atoms with Crippen LogP contribution in [0.15, 0.2) is 24.3 Å². The molecule has 0 bridgehead atoms. The van der Waals surface area contributed by atoms with Gasteiger partial charge in [0.1, 0.15) is 12.4 Å². The zero-order chi connectivity index (χ0) is 15.8. The van der Waals surface area contributed by atoms with E-state index in [0.29, 0.717) is 30.4 Å². The smallest absolute Gasteiger partial charge is 0.257 e. The zero-order valence-corrected chi connectivity index (χ0v) is 13.5. The SMILES string of the molecule is CNC[C@@H]1CCCN(C(=O)c2ccccc2OCCOC)C1. The van der Waals surface area contributed by atoms with E-state index in [2.05, 4.69) is 5.32 Å². The highest BCUT2D eigenvalue weighted by Crippen LogP contribution is 2.23. The minimum Gasteiger partial charge on any atom is -0.490 e. The number of nitrogens with one attached hydrogen (secondary N) is 1. The van der Waals surface area contributed by atoms with Crippen molar-refractivity contribution in [1.82, 2.24) is 10.2 Å². The van der Waals surface area contributed by atoms with Gasteiger partial charge in [-0.15, -0.1) is 0 Å². The van der Waals surface area contributed by atoms with E-state index in [4.69, 9.17) is 9.47 Å². The molecule has 5 nitrogen and oxygen atoms in total. The first kappa shape index (κ1) is 16.8. The van der Waals surface area contributed by atoms with Crippen molar-refractivity contribution in [2.45, 2.75) is 12.8 Å². The normalized spacial score (nSPS) is 18.3. The summed E-state index contributed by atoms with van der Waals surface area (Å²) in [5.74, 6) is 1.23. The summed E-state index contributed by atoms with van der Waals surface area (Å²) in [6.45, 7) is 3.55. The number of methoxy groups -OCH3 is 1. The molecule has 1 saturated heterocycles. The summed E-state index contributed by atoms with van der Waals surface area (Å²) in [6.07, 6.45) is 2.24. The minimum absolute atomic E-state index is 0.0637. The van der Waals surface area contributed by atoms with Gasteiger partial charge in [0, 0.05) is 20.2 Å². The standard InChI is InChI=1S/C17H26N2O3/c1-18-12-14-6-5-9-19(13-14)17(20)15-7-3-4-8-16(15)22-11-10-21-2/h3-4,7-8,14,18H,5-6,9-13H2,1-2H3/t14-/m0/s1. The van der Waals surface area contributed by atoms with Crippen LogP contribution in [0.5, 0.6) is 5.75 Å². The molecular formula is C17H26N2O3. The average Bonchev–Trinajstić information content (AvgIpc) is 2.55. The monoisotopic (exact) mass is 306 g/mol. The lowest BCUT2D eigenvalue weighted by Crippen LogP contribution is -2.42. The Labute approximate surface area is 132 Å². The first-order chi connectivity index (χ1) is 10.8. The first-order valence-electron chi connectivity index (χ1n) is 7.91. The van der Waals surface area contributed by atoms with Crippen LogP contribution < -0.4 is 10.1 Å². The Bertz CT molecular complexity index is 477. The lowest BCUT2D eigenvalue weighted by molar-refractivity contribution is 0.0667. The molecule has 1 N–H and O–H groups in total. The predicted molar refractivity (Wildman–Crippen MR) is 86.4 cm³/mol. The molecule has 22 heavy (non-hydrogen) atoms. The molecule has 0 spiro atoms. The number of hydrogen-bond acceptors (Lipinski definition) is 4. The highest BCUT2D eigenvalue weighted by molar-refractivity contribution is 5.97. The second kappa shape index (κ2) is 8.76. The van der Waals surface area contributed by atoms with Crippen molar-refractivity contribution in [3.8, 4) is 5.75 Å². The Morgan fingerprint density at radius 2 is 2.18 bits per heavy atom. The Kier molecular flexibility index (Phi) is 6.68. The molecule has 1 aromatic rings. The van der Waals surface area contributed by atoms with E-state index in [0.717, 1.165) is 26.1 Å². The molecule has 5 heteroatoms. The van der Waals surface area contributed by atoms with Crippen LogP contribution in [0.3, 0.4) is 0 Å². The van der Waals surface area contributed by atoms with Gasteiger partial charge in [-0.2, -0.15) is 0 Å². The molecule has 0 aromatic heterocycles. The molecule has 1 amide bonds. The van der Waals surface area contributed by atoms with Crippen molar-refractivity contribution in [2.75, 3.05) is 47.0 Å². The van der Waals surface area contributed by atoms with Crippen LogP contribution in [-0.2, 0) is 4.74 Å². The van der Waals surface area contributed by atoms with Crippen LogP contribution in [0.1, 0.15) is 23.2 Å². The van der Waals surface area contributed by atoms with Crippen LogP contribution in [0, 0.1) is 5.92 Å². The van der Waals surface area contributed by atoms with Gasteiger partial charge >= 0.3 is 0 Å². The molecule has 1 aliphatic rings. The van der Waals surface area contributed by atoms with Crippen LogP contribution in [0.2, 0.25) is 0 Å². The number of para-hydroxylation sites is 1. The second-order valence-electron chi connectivity index (χ2n) is 5.65. The lowest BCUT2D eigenvalue weighted by atomic mass is 9.97. The summed E-state index contributed by atoms with van der Waals surface area (Å²) >= 11 is 0. The summed E-state index contributed by atoms with van der Waals surface area (Å²) < 4.78 is 10.7. The summed E-state index contributed by atoms with van der Waals surface area (Å²) in [4.78, 5) is 14.7. The molecule has 1 heterocycles. The largest absolute Gasteiger partial charge is 0.490 e. The highest BCUT2D eigenvalue weighted by atomic mass is 16.5. The quantitative estimate of drug-likeness (QED) is 0.780. The van der Waals surface area contributed by atoms with E-state index in [1.807, 2.05) is 36.2 Å². The van der Waals surface area contributed by atoms with E-state index in [9.17, 15) is 4.79 Å². The number of piperidine rings is 1. The van der Waals surface area contributed by atoms with E-state index in [1.165, 1.54) is 6.42 Å². The summed E-state index contributed by atoms with van der Waals surface area (Å²) in [5, 5.41) is 3.21. The minimum atomic E-state index is 0.0637. The van der Waals surface area contributed by atoms with E-state index >= 15 is 0 Å². The molecule has 0 radical (unpaired) electrons. The number of amides is 1. The van der Waals surface area contributed by atoms with E-state index < -0.39 is 0 Å². The number of carbonyl (C=O) groups excluding carboxylic acids is 1. The average molecular weight is 306 g/mol. The summed E-state index contributed by atoms with van der Waals surface area (Å²) in [5.41, 5.74) is 0.642. The molecule has 1 fully saturated rings. The number of nitrogens with zero attached hydrogens (tertiary/aromatic N) is 1. The Morgan fingerprint density at radius 1 is 1.36 bits per heavy atom. The highest BCUT2D eigenvalue weighted by Gasteiger charge is 2.25. The Hall–Kier alpha value is -1.59. The zero-order valence-electron chi connectivity index (χ0n) is 13.5. The van der Waals surface area contributed by atoms with Gasteiger partial charge in [0.05, 0.1) is 12.2 Å². The third-order valence-electron chi connectivity index (χ3n) is 3.96. The van der Waals surface area contributed by atoms with Crippen LogP contribution in [0.25, 0.3) is 0 Å². The third-order valence-corrected chi connectivity index (χ3v) is 3.96. The van der Waals surface area contributed by atoms with Crippen molar-refractivity contribution < 1.29 is 14.3 Å². The number of hydrogen-bond donors (Lipinski definition) is 1. The molecule has 1 atom stereocenters. The van der Waals surface area contributed by atoms with Gasteiger partial charge < -0.3 is 19.7 Å². The maximum atomic E-state index is 12.8. The molecular weight excluding hydrogens is 280 g/mol. The van der Waals surface area contributed by atoms with Crippen molar-refractivity contribution >= 4 is 5.91 Å². The molecule has 0 aliphatic carbocycles. The molecule has 0 saturated carbocycles. The fourth-order valence-electron chi connectivity index (χ4n) is 2.88. The van der Waals surface area contributed by atoms with Crippen LogP contribution >= 0.6 is 0 Å². The molecule has 122 valence electrons. The van der Waals surface area contributed by atoms with Gasteiger partial charge in [-0.25, -0.2) is 0 Å². The van der Waals surface area contributed by atoms with Crippen LogP contribution in [0.4, 0.5) is 0 Å². The Morgan fingerprint density at radius 3 is 2.95 bits per heavy atom. The molecule has 1 aromatic carbocycles. The van der Waals surface area contributed by atoms with E-state index in [1.54, 1.807) is 7.11 Å². The van der Waals surface area contributed by atoms with Gasteiger partial charge in [0.2, 0.25) is 0 Å². The fraction of sp³-hybridized carbons (Fsp3) is 0.588. The number of ether oxygens (including phenoxy) is 2. The number of likely N-dealkylation sites (tertiary alicyclic amines) is 1. The topological polar surface area (TPSA) is 50.8 Å². The molecule has 2 rings (SSSR count). The molecule has 0 unspecified atom stereocenters. The van der Waals surface area contributed by atoms with Crippen molar-refractivity contribution in [3.05, 3.63) is 29.8 Å². The number of benzene rings is 1. The van der Waals surface area contributed by atoms with Crippen molar-refractivity contribution in [2.24, 2.45) is 5.92 Å². The van der Waals surface area contributed by atoms with Crippen molar-refractivity contribution in [1.29, 1.82) is 0 Å². The number of rotatable bonds is 7. The molecule has 1 aliphatic heterocycles. The summed E-state index contributed by atoms with van der Waals surface area (Å²) in [7, 11) is 3.59. The maximum absolute atomic E-state index is 12.8. The van der Waals surface area contributed by atoms with Gasteiger partial charge in [0.25, 0.3) is 5.91 Å².